The molecule has 1 aliphatic heterocycles. The first-order valence-corrected chi connectivity index (χ1v) is 7.33. The van der Waals surface area contributed by atoms with Crippen molar-refractivity contribution in [3.8, 4) is 5.75 Å². The Bertz CT molecular complexity index is 456. The molecule has 0 atom stereocenters. The van der Waals surface area contributed by atoms with Gasteiger partial charge in [-0.25, -0.2) is 4.39 Å². The highest BCUT2D eigenvalue weighted by Crippen LogP contribution is 2.14. The van der Waals surface area contributed by atoms with Crippen molar-refractivity contribution >= 4 is 18.3 Å². The Labute approximate surface area is 136 Å². The minimum absolute atomic E-state index is 0. The predicted octanol–water partition coefficient (Wildman–Crippen LogP) is 1.04. The van der Waals surface area contributed by atoms with Crippen LogP contribution in [-0.2, 0) is 4.79 Å². The van der Waals surface area contributed by atoms with Crippen LogP contribution in [0, 0.1) is 5.82 Å². The van der Waals surface area contributed by atoms with Crippen molar-refractivity contribution in [3.05, 3.63) is 30.1 Å². The van der Waals surface area contributed by atoms with Crippen LogP contribution in [0.1, 0.15) is 6.42 Å². The zero-order chi connectivity index (χ0) is 14.9. The summed E-state index contributed by atoms with van der Waals surface area (Å²) >= 11 is 0. The molecular formula is C15H23ClFN3O2. The van der Waals surface area contributed by atoms with Gasteiger partial charge in [-0.2, -0.15) is 0 Å². The summed E-state index contributed by atoms with van der Waals surface area (Å²) < 4.78 is 18.4. The average molecular weight is 332 g/mol. The fourth-order valence-corrected chi connectivity index (χ4v) is 2.22. The number of amides is 1. The van der Waals surface area contributed by atoms with Gasteiger partial charge in [0.05, 0.1) is 0 Å². The van der Waals surface area contributed by atoms with Crippen molar-refractivity contribution in [1.82, 2.24) is 15.5 Å². The maximum atomic E-state index is 13.3. The van der Waals surface area contributed by atoms with Gasteiger partial charge in [-0.15, -0.1) is 12.4 Å². The first kappa shape index (κ1) is 18.7. The van der Waals surface area contributed by atoms with Gasteiger partial charge in [-0.05, 0) is 25.1 Å². The van der Waals surface area contributed by atoms with E-state index in [9.17, 15) is 9.18 Å². The van der Waals surface area contributed by atoms with Crippen molar-refractivity contribution in [3.63, 3.8) is 0 Å². The van der Waals surface area contributed by atoms with E-state index in [4.69, 9.17) is 4.74 Å². The highest BCUT2D eigenvalue weighted by atomic mass is 35.5. The Morgan fingerprint density at radius 1 is 1.32 bits per heavy atom. The van der Waals surface area contributed by atoms with Gasteiger partial charge in [-0.1, -0.05) is 12.1 Å². The molecule has 5 nitrogen and oxygen atoms in total. The summed E-state index contributed by atoms with van der Waals surface area (Å²) in [4.78, 5) is 14.0. The summed E-state index contributed by atoms with van der Waals surface area (Å²) in [6.45, 7) is 5.62. The molecule has 0 bridgehead atoms. The molecular weight excluding hydrogens is 309 g/mol. The van der Waals surface area contributed by atoms with E-state index < -0.39 is 5.82 Å². The number of carbonyl (C=O) groups is 1. The maximum absolute atomic E-state index is 13.3. The lowest BCUT2D eigenvalue weighted by molar-refractivity contribution is -0.123. The number of halogens is 2. The van der Waals surface area contributed by atoms with Gasteiger partial charge in [0.15, 0.2) is 18.2 Å². The molecule has 1 saturated heterocycles. The van der Waals surface area contributed by atoms with Gasteiger partial charge in [0, 0.05) is 32.7 Å². The van der Waals surface area contributed by atoms with Crippen LogP contribution in [0.5, 0.6) is 5.75 Å². The summed E-state index contributed by atoms with van der Waals surface area (Å²) in [6.07, 6.45) is 0.908. The second-order valence-electron chi connectivity index (χ2n) is 5.01. The number of nitrogens with zero attached hydrogens (tertiary/aromatic N) is 1. The largest absolute Gasteiger partial charge is 0.481 e. The third-order valence-corrected chi connectivity index (χ3v) is 3.38. The highest BCUT2D eigenvalue weighted by Gasteiger charge is 2.09. The number of nitrogens with one attached hydrogen (secondary N) is 2. The quantitative estimate of drug-likeness (QED) is 0.733. The number of hydrogen-bond acceptors (Lipinski definition) is 4. The fourth-order valence-electron chi connectivity index (χ4n) is 2.22. The van der Waals surface area contributed by atoms with E-state index in [1.807, 2.05) is 0 Å². The van der Waals surface area contributed by atoms with E-state index in [0.29, 0.717) is 6.54 Å². The van der Waals surface area contributed by atoms with E-state index in [1.54, 1.807) is 12.1 Å². The normalized spacial score (nSPS) is 15.0. The minimum Gasteiger partial charge on any atom is -0.481 e. The second-order valence-corrected chi connectivity index (χ2v) is 5.01. The number of carbonyl (C=O) groups excluding carboxylic acids is 1. The van der Waals surface area contributed by atoms with Crippen LogP contribution >= 0.6 is 12.4 Å². The molecule has 0 aromatic heterocycles. The Kier molecular flexibility index (Phi) is 8.81. The molecule has 0 unspecified atom stereocenters. The van der Waals surface area contributed by atoms with Gasteiger partial charge in [0.25, 0.3) is 5.91 Å². The van der Waals surface area contributed by atoms with Gasteiger partial charge in [-0.3, -0.25) is 4.79 Å². The zero-order valence-electron chi connectivity index (χ0n) is 12.5. The molecule has 1 aromatic rings. The van der Waals surface area contributed by atoms with Crippen LogP contribution in [0.2, 0.25) is 0 Å². The standard InChI is InChI=1S/C15H22FN3O2.ClH/c16-13-4-1-2-5-14(13)21-12-15(20)18-6-3-9-19-10-7-17-8-11-19;/h1-2,4-5,17H,3,6-12H2,(H,18,20);1H. The third-order valence-electron chi connectivity index (χ3n) is 3.38. The molecule has 1 heterocycles. The van der Waals surface area contributed by atoms with Gasteiger partial charge >= 0.3 is 0 Å². The van der Waals surface area contributed by atoms with E-state index in [1.165, 1.54) is 12.1 Å². The van der Waals surface area contributed by atoms with Gasteiger partial charge in [0.1, 0.15) is 0 Å². The van der Waals surface area contributed by atoms with Crippen molar-refractivity contribution in [2.45, 2.75) is 6.42 Å². The number of benzene rings is 1. The topological polar surface area (TPSA) is 53.6 Å². The Morgan fingerprint density at radius 3 is 2.77 bits per heavy atom. The molecule has 2 N–H and O–H groups in total. The van der Waals surface area contributed by atoms with Crippen LogP contribution in [-0.4, -0.2) is 56.7 Å². The average Bonchev–Trinajstić information content (AvgIpc) is 2.52. The number of hydrogen-bond donors (Lipinski definition) is 2. The Hall–Kier alpha value is -1.37. The van der Waals surface area contributed by atoms with Crippen LogP contribution in [0.3, 0.4) is 0 Å². The molecule has 1 amide bonds. The van der Waals surface area contributed by atoms with Crippen molar-refractivity contribution in [2.24, 2.45) is 0 Å². The van der Waals surface area contributed by atoms with Crippen molar-refractivity contribution in [2.75, 3.05) is 45.9 Å². The smallest absolute Gasteiger partial charge is 0.257 e. The number of ether oxygens (including phenoxy) is 1. The molecule has 0 aliphatic carbocycles. The first-order chi connectivity index (χ1) is 10.3. The molecule has 0 spiro atoms. The molecule has 1 fully saturated rings. The van der Waals surface area contributed by atoms with Crippen LogP contribution < -0.4 is 15.4 Å². The molecule has 0 radical (unpaired) electrons. The van der Waals surface area contributed by atoms with Crippen LogP contribution in [0.4, 0.5) is 4.39 Å². The Balaban J connectivity index is 0.00000242. The van der Waals surface area contributed by atoms with E-state index in [-0.39, 0.29) is 30.7 Å². The van der Waals surface area contributed by atoms with E-state index in [0.717, 1.165) is 39.1 Å². The Morgan fingerprint density at radius 2 is 2.05 bits per heavy atom. The predicted molar refractivity (Wildman–Crippen MR) is 86.1 cm³/mol. The van der Waals surface area contributed by atoms with Crippen LogP contribution in [0.25, 0.3) is 0 Å². The van der Waals surface area contributed by atoms with Crippen LogP contribution in [0.15, 0.2) is 24.3 Å². The minimum atomic E-state index is -0.455. The lowest BCUT2D eigenvalue weighted by Crippen LogP contribution is -2.44. The summed E-state index contributed by atoms with van der Waals surface area (Å²) in [7, 11) is 0. The maximum Gasteiger partial charge on any atom is 0.257 e. The molecule has 1 aromatic carbocycles. The zero-order valence-corrected chi connectivity index (χ0v) is 13.3. The van der Waals surface area contributed by atoms with E-state index >= 15 is 0 Å². The fraction of sp³-hybridized carbons (Fsp3) is 0.533. The number of para-hydroxylation sites is 1. The number of rotatable bonds is 7. The molecule has 7 heteroatoms. The van der Waals surface area contributed by atoms with Crippen molar-refractivity contribution in [1.29, 1.82) is 0 Å². The first-order valence-electron chi connectivity index (χ1n) is 7.33. The van der Waals surface area contributed by atoms with Gasteiger partial charge < -0.3 is 20.3 Å². The molecule has 124 valence electrons. The summed E-state index contributed by atoms with van der Waals surface area (Å²) in [6, 6.07) is 6.07. The summed E-state index contributed by atoms with van der Waals surface area (Å²) in [5, 5.41) is 6.08. The monoisotopic (exact) mass is 331 g/mol. The lowest BCUT2D eigenvalue weighted by atomic mass is 10.3. The number of piperazine rings is 1. The molecule has 1 aliphatic rings. The molecule has 22 heavy (non-hydrogen) atoms. The van der Waals surface area contributed by atoms with Crippen molar-refractivity contribution < 1.29 is 13.9 Å². The highest BCUT2D eigenvalue weighted by molar-refractivity contribution is 5.85. The SMILES string of the molecule is Cl.O=C(COc1ccccc1F)NCCCN1CCNCC1. The summed E-state index contributed by atoms with van der Waals surface area (Å²) in [5.41, 5.74) is 0. The second kappa shape index (κ2) is 10.4. The molecule has 0 saturated carbocycles. The third kappa shape index (κ3) is 6.60. The van der Waals surface area contributed by atoms with E-state index in [2.05, 4.69) is 15.5 Å². The molecule has 2 rings (SSSR count). The van der Waals surface area contributed by atoms with Gasteiger partial charge in [0.2, 0.25) is 0 Å². The summed E-state index contributed by atoms with van der Waals surface area (Å²) in [5.74, 6) is -0.573. The lowest BCUT2D eigenvalue weighted by Gasteiger charge is -2.27.